The van der Waals surface area contributed by atoms with E-state index in [-0.39, 0.29) is 22.8 Å². The summed E-state index contributed by atoms with van der Waals surface area (Å²) in [5, 5.41) is 26.2. The average molecular weight is 286 g/mol. The average Bonchev–Trinajstić information content (AvgIpc) is 3.08. The first-order valence-electron chi connectivity index (χ1n) is 5.57. The molecule has 8 heteroatoms. The summed E-state index contributed by atoms with van der Waals surface area (Å²) in [5.74, 6) is -1.26. The summed E-state index contributed by atoms with van der Waals surface area (Å²) in [4.78, 5) is 10.9. The number of anilines is 1. The lowest BCUT2D eigenvalue weighted by atomic mass is 10.1. The Bertz CT molecular complexity index is 622. The fourth-order valence-electron chi connectivity index (χ4n) is 1.75. The van der Waals surface area contributed by atoms with Crippen LogP contribution < -0.4 is 10.5 Å². The van der Waals surface area contributed by atoms with E-state index in [1.165, 1.54) is 12.1 Å². The first-order valence-corrected chi connectivity index (χ1v) is 7.11. The van der Waals surface area contributed by atoms with Crippen LogP contribution in [0, 0.1) is 0 Å². The number of sulfonamides is 1. The molecule has 1 fully saturated rings. The molecule has 0 radical (unpaired) electrons. The van der Waals surface area contributed by atoms with E-state index in [4.69, 9.17) is 10.2 Å². The molecule has 0 spiro atoms. The maximum absolute atomic E-state index is 11.2. The number of rotatable bonds is 5. The van der Waals surface area contributed by atoms with Crippen molar-refractivity contribution in [2.45, 2.75) is 23.3 Å². The highest BCUT2D eigenvalue weighted by Gasteiger charge is 2.42. The molecule has 0 saturated heterocycles. The fourth-order valence-corrected chi connectivity index (χ4v) is 2.29. The number of carboxylic acids is 1. The smallest absolute Gasteiger partial charge is 0.337 e. The Kier molecular flexibility index (Phi) is 3.25. The van der Waals surface area contributed by atoms with Gasteiger partial charge in [0.05, 0.1) is 22.6 Å². The molecule has 0 aromatic heterocycles. The standard InChI is InChI=1S/C11H14N2O5S/c12-19(17,18)7-1-2-9(8(5-7)10(15)16)13-11(6-14)3-4-11/h1-2,5,13-14H,3-4,6H2,(H,15,16)(H2,12,17,18). The number of aliphatic hydroxyl groups is 1. The van der Waals surface area contributed by atoms with Gasteiger partial charge in [-0.3, -0.25) is 0 Å². The van der Waals surface area contributed by atoms with Gasteiger partial charge in [-0.15, -0.1) is 0 Å². The summed E-state index contributed by atoms with van der Waals surface area (Å²) in [6.45, 7) is -0.108. The lowest BCUT2D eigenvalue weighted by molar-refractivity contribution is 0.0697. The number of primary sulfonamides is 1. The molecule has 0 unspecified atom stereocenters. The maximum Gasteiger partial charge on any atom is 0.337 e. The summed E-state index contributed by atoms with van der Waals surface area (Å²) >= 11 is 0. The van der Waals surface area contributed by atoms with Crippen molar-refractivity contribution in [3.05, 3.63) is 23.8 Å². The van der Waals surface area contributed by atoms with E-state index in [2.05, 4.69) is 5.32 Å². The Balaban J connectivity index is 2.42. The van der Waals surface area contributed by atoms with Crippen molar-refractivity contribution in [3.63, 3.8) is 0 Å². The molecule has 1 aromatic carbocycles. The minimum absolute atomic E-state index is 0.108. The molecule has 1 saturated carbocycles. The van der Waals surface area contributed by atoms with Gasteiger partial charge >= 0.3 is 5.97 Å². The minimum atomic E-state index is -3.95. The van der Waals surface area contributed by atoms with Crippen LogP contribution in [0.5, 0.6) is 0 Å². The van der Waals surface area contributed by atoms with Gasteiger partial charge in [-0.05, 0) is 31.0 Å². The zero-order valence-electron chi connectivity index (χ0n) is 9.96. The second-order valence-electron chi connectivity index (χ2n) is 4.62. The first kappa shape index (κ1) is 13.8. The fraction of sp³-hybridized carbons (Fsp3) is 0.364. The van der Waals surface area contributed by atoms with E-state index in [1.807, 2.05) is 0 Å². The van der Waals surface area contributed by atoms with Crippen LogP contribution in [0.1, 0.15) is 23.2 Å². The molecule has 1 aliphatic rings. The zero-order chi connectivity index (χ0) is 14.3. The SMILES string of the molecule is NS(=O)(=O)c1ccc(NC2(CO)CC2)c(C(=O)O)c1. The summed E-state index contributed by atoms with van der Waals surface area (Å²) in [7, 11) is -3.95. The van der Waals surface area contributed by atoms with Crippen LogP contribution in [0.15, 0.2) is 23.1 Å². The van der Waals surface area contributed by atoms with E-state index in [0.29, 0.717) is 0 Å². The largest absolute Gasteiger partial charge is 0.478 e. The monoisotopic (exact) mass is 286 g/mol. The Morgan fingerprint density at radius 3 is 2.47 bits per heavy atom. The van der Waals surface area contributed by atoms with Crippen LogP contribution in [0.25, 0.3) is 0 Å². The van der Waals surface area contributed by atoms with Crippen molar-refractivity contribution in [1.29, 1.82) is 0 Å². The number of aromatic carboxylic acids is 1. The predicted octanol–water partition coefficient (Wildman–Crippen LogP) is -0.0310. The van der Waals surface area contributed by atoms with Crippen LogP contribution in [-0.2, 0) is 10.0 Å². The molecule has 5 N–H and O–H groups in total. The van der Waals surface area contributed by atoms with Crippen LogP contribution in [0.2, 0.25) is 0 Å². The number of nitrogens with two attached hydrogens (primary N) is 1. The van der Waals surface area contributed by atoms with E-state index >= 15 is 0 Å². The topological polar surface area (TPSA) is 130 Å². The summed E-state index contributed by atoms with van der Waals surface area (Å²) in [6.07, 6.45) is 1.47. The number of hydrogen-bond donors (Lipinski definition) is 4. The van der Waals surface area contributed by atoms with Crippen molar-refractivity contribution in [2.24, 2.45) is 5.14 Å². The van der Waals surface area contributed by atoms with Gasteiger partial charge in [-0.1, -0.05) is 0 Å². The van der Waals surface area contributed by atoms with E-state index in [9.17, 15) is 18.3 Å². The number of hydrogen-bond acceptors (Lipinski definition) is 5. The van der Waals surface area contributed by atoms with Crippen molar-refractivity contribution in [2.75, 3.05) is 11.9 Å². The first-order chi connectivity index (χ1) is 8.77. The maximum atomic E-state index is 11.2. The number of aliphatic hydroxyl groups excluding tert-OH is 1. The van der Waals surface area contributed by atoms with Crippen LogP contribution in [0.4, 0.5) is 5.69 Å². The van der Waals surface area contributed by atoms with Gasteiger partial charge in [0.15, 0.2) is 0 Å². The summed E-state index contributed by atoms with van der Waals surface area (Å²) in [5.41, 5.74) is -0.412. The normalized spacial score (nSPS) is 16.9. The van der Waals surface area contributed by atoms with Gasteiger partial charge in [0.2, 0.25) is 10.0 Å². The van der Waals surface area contributed by atoms with Crippen molar-refractivity contribution in [1.82, 2.24) is 0 Å². The van der Waals surface area contributed by atoms with Gasteiger partial charge in [0.1, 0.15) is 0 Å². The van der Waals surface area contributed by atoms with Gasteiger partial charge < -0.3 is 15.5 Å². The van der Waals surface area contributed by atoms with Gasteiger partial charge in [-0.25, -0.2) is 18.4 Å². The molecule has 0 heterocycles. The highest BCUT2D eigenvalue weighted by Crippen LogP contribution is 2.39. The minimum Gasteiger partial charge on any atom is -0.478 e. The van der Waals surface area contributed by atoms with Crippen molar-refractivity contribution >= 4 is 21.7 Å². The molecule has 19 heavy (non-hydrogen) atoms. The van der Waals surface area contributed by atoms with Crippen LogP contribution in [0.3, 0.4) is 0 Å². The molecule has 0 amide bonds. The lowest BCUT2D eigenvalue weighted by Gasteiger charge is -2.18. The lowest BCUT2D eigenvalue weighted by Crippen LogP contribution is -2.27. The molecular formula is C11H14N2O5S. The molecule has 0 aliphatic heterocycles. The predicted molar refractivity (Wildman–Crippen MR) is 67.4 cm³/mol. The zero-order valence-corrected chi connectivity index (χ0v) is 10.8. The summed E-state index contributed by atoms with van der Waals surface area (Å²) in [6, 6.07) is 3.59. The molecule has 0 atom stereocenters. The number of carbonyl (C=O) groups is 1. The van der Waals surface area contributed by atoms with Gasteiger partial charge in [0.25, 0.3) is 0 Å². The van der Waals surface area contributed by atoms with Crippen molar-refractivity contribution < 1.29 is 23.4 Å². The molecule has 2 rings (SSSR count). The van der Waals surface area contributed by atoms with Crippen molar-refractivity contribution in [3.8, 4) is 0 Å². The third kappa shape index (κ3) is 2.86. The Hall–Kier alpha value is -1.64. The third-order valence-corrected chi connectivity index (χ3v) is 4.02. The highest BCUT2D eigenvalue weighted by atomic mass is 32.2. The molecule has 104 valence electrons. The second-order valence-corrected chi connectivity index (χ2v) is 6.18. The van der Waals surface area contributed by atoms with Gasteiger partial charge in [0, 0.05) is 5.69 Å². The molecule has 0 bridgehead atoms. The molecule has 1 aliphatic carbocycles. The molecule has 7 nitrogen and oxygen atoms in total. The Morgan fingerprint density at radius 1 is 1.42 bits per heavy atom. The third-order valence-electron chi connectivity index (χ3n) is 3.11. The number of carboxylic acid groups (broad SMARTS) is 1. The molecule has 1 aromatic rings. The van der Waals surface area contributed by atoms with E-state index in [0.717, 1.165) is 18.9 Å². The second kappa shape index (κ2) is 4.48. The number of nitrogens with one attached hydrogen (secondary N) is 1. The van der Waals surface area contributed by atoms with Gasteiger partial charge in [-0.2, -0.15) is 0 Å². The highest BCUT2D eigenvalue weighted by molar-refractivity contribution is 7.89. The van der Waals surface area contributed by atoms with Crippen LogP contribution in [-0.4, -0.2) is 36.7 Å². The Labute approximate surface area is 110 Å². The van der Waals surface area contributed by atoms with E-state index < -0.39 is 21.5 Å². The number of benzene rings is 1. The molecular weight excluding hydrogens is 272 g/mol. The van der Waals surface area contributed by atoms with E-state index in [1.54, 1.807) is 0 Å². The Morgan fingerprint density at radius 2 is 2.05 bits per heavy atom. The summed E-state index contributed by atoms with van der Waals surface area (Å²) < 4.78 is 22.4. The quantitative estimate of drug-likeness (QED) is 0.601. The van der Waals surface area contributed by atoms with Crippen LogP contribution >= 0.6 is 0 Å².